The first-order chi connectivity index (χ1) is 8.34. The Hall–Kier alpha value is -1.40. The minimum absolute atomic E-state index is 0.0379. The summed E-state index contributed by atoms with van der Waals surface area (Å²) in [5.74, 6) is -0.414. The number of hydrogen-bond donors (Lipinski definition) is 2. The number of benzene rings is 1. The van der Waals surface area contributed by atoms with Crippen molar-refractivity contribution in [2.75, 3.05) is 17.6 Å². The first kappa shape index (κ1) is 14.7. The molecule has 0 heterocycles. The van der Waals surface area contributed by atoms with Gasteiger partial charge in [-0.3, -0.25) is 4.79 Å². The Morgan fingerprint density at radius 3 is 2.50 bits per heavy atom. The highest BCUT2D eigenvalue weighted by molar-refractivity contribution is 7.89. The van der Waals surface area contributed by atoms with Crippen LogP contribution in [-0.2, 0) is 14.8 Å². The van der Waals surface area contributed by atoms with E-state index in [0.717, 1.165) is 11.1 Å². The van der Waals surface area contributed by atoms with Crippen molar-refractivity contribution in [3.8, 4) is 0 Å². The Bertz CT molecular complexity index is 538. The van der Waals surface area contributed by atoms with Crippen molar-refractivity contribution < 1.29 is 13.2 Å². The zero-order chi connectivity index (χ0) is 13.8. The molecule has 0 aromatic heterocycles. The van der Waals surface area contributed by atoms with E-state index >= 15 is 0 Å². The lowest BCUT2D eigenvalue weighted by molar-refractivity contribution is -0.115. The summed E-state index contributed by atoms with van der Waals surface area (Å²) in [5.41, 5.74) is 2.75. The molecule has 0 aliphatic heterocycles. The minimum atomic E-state index is -3.33. The molecular formula is C12H18N2O3S. The number of nitrogens with one attached hydrogen (secondary N) is 2. The van der Waals surface area contributed by atoms with Crippen molar-refractivity contribution >= 4 is 21.6 Å². The molecule has 0 unspecified atom stereocenters. The summed E-state index contributed by atoms with van der Waals surface area (Å²) in [5, 5.41) is 2.67. The largest absolute Gasteiger partial charge is 0.325 e. The van der Waals surface area contributed by atoms with Crippen LogP contribution in [0.3, 0.4) is 0 Å². The van der Waals surface area contributed by atoms with Crippen molar-refractivity contribution in [1.29, 1.82) is 0 Å². The molecular weight excluding hydrogens is 252 g/mol. The molecule has 0 aliphatic carbocycles. The van der Waals surface area contributed by atoms with E-state index in [4.69, 9.17) is 0 Å². The van der Waals surface area contributed by atoms with Gasteiger partial charge in [0.25, 0.3) is 0 Å². The second-order valence-electron chi connectivity index (χ2n) is 4.09. The first-order valence-corrected chi connectivity index (χ1v) is 7.33. The second kappa shape index (κ2) is 5.97. The number of anilines is 1. The van der Waals surface area contributed by atoms with E-state index in [0.29, 0.717) is 5.69 Å². The SMILES string of the molecule is CCS(=O)(=O)NCC(=O)Nc1ccc(C)cc1C. The van der Waals surface area contributed by atoms with Crippen LogP contribution in [0.25, 0.3) is 0 Å². The van der Waals surface area contributed by atoms with Gasteiger partial charge in [-0.2, -0.15) is 0 Å². The van der Waals surface area contributed by atoms with Crippen molar-refractivity contribution in [2.24, 2.45) is 0 Å². The quantitative estimate of drug-likeness (QED) is 0.843. The second-order valence-corrected chi connectivity index (χ2v) is 6.19. The summed E-state index contributed by atoms with van der Waals surface area (Å²) in [6, 6.07) is 5.64. The Kier molecular flexibility index (Phi) is 4.86. The molecule has 0 aliphatic rings. The lowest BCUT2D eigenvalue weighted by Gasteiger charge is -2.09. The average molecular weight is 270 g/mol. The molecule has 1 amide bonds. The van der Waals surface area contributed by atoms with Gasteiger partial charge in [-0.25, -0.2) is 13.1 Å². The lowest BCUT2D eigenvalue weighted by atomic mass is 10.1. The molecule has 0 saturated heterocycles. The van der Waals surface area contributed by atoms with Crippen molar-refractivity contribution in [2.45, 2.75) is 20.8 Å². The van der Waals surface area contributed by atoms with Gasteiger partial charge in [0.2, 0.25) is 15.9 Å². The molecule has 0 fully saturated rings. The Balaban J connectivity index is 2.60. The summed E-state index contributed by atoms with van der Waals surface area (Å²) in [7, 11) is -3.33. The van der Waals surface area contributed by atoms with Crippen molar-refractivity contribution in [1.82, 2.24) is 4.72 Å². The molecule has 0 radical (unpaired) electrons. The highest BCUT2D eigenvalue weighted by Gasteiger charge is 2.10. The van der Waals surface area contributed by atoms with E-state index in [1.54, 1.807) is 6.07 Å². The number of rotatable bonds is 5. The van der Waals surface area contributed by atoms with Gasteiger partial charge in [-0.1, -0.05) is 17.7 Å². The fourth-order valence-corrected chi connectivity index (χ4v) is 1.98. The minimum Gasteiger partial charge on any atom is -0.325 e. The number of hydrogen-bond acceptors (Lipinski definition) is 3. The normalized spacial score (nSPS) is 11.3. The fourth-order valence-electron chi connectivity index (χ4n) is 1.43. The average Bonchev–Trinajstić information content (AvgIpc) is 2.30. The molecule has 18 heavy (non-hydrogen) atoms. The van der Waals surface area contributed by atoms with Gasteiger partial charge in [0.05, 0.1) is 12.3 Å². The predicted molar refractivity (Wildman–Crippen MR) is 72.0 cm³/mol. The summed E-state index contributed by atoms with van der Waals surface area (Å²) in [4.78, 5) is 11.6. The first-order valence-electron chi connectivity index (χ1n) is 5.68. The summed E-state index contributed by atoms with van der Waals surface area (Å²) in [6.45, 7) is 5.13. The number of sulfonamides is 1. The summed E-state index contributed by atoms with van der Waals surface area (Å²) < 4.78 is 24.6. The third-order valence-electron chi connectivity index (χ3n) is 2.49. The highest BCUT2D eigenvalue weighted by atomic mass is 32.2. The Morgan fingerprint density at radius 1 is 1.28 bits per heavy atom. The van der Waals surface area contributed by atoms with Crippen molar-refractivity contribution in [3.63, 3.8) is 0 Å². The molecule has 5 nitrogen and oxygen atoms in total. The Labute approximate surface area is 108 Å². The fraction of sp³-hybridized carbons (Fsp3) is 0.417. The number of carbonyl (C=O) groups is 1. The molecule has 0 spiro atoms. The van der Waals surface area contributed by atoms with Gasteiger partial charge < -0.3 is 5.32 Å². The summed E-state index contributed by atoms with van der Waals surface area (Å²) >= 11 is 0. The third-order valence-corrected chi connectivity index (χ3v) is 3.83. The maximum Gasteiger partial charge on any atom is 0.239 e. The van der Waals surface area contributed by atoms with Crippen molar-refractivity contribution in [3.05, 3.63) is 29.3 Å². The predicted octanol–water partition coefficient (Wildman–Crippen LogP) is 1.18. The van der Waals surface area contributed by atoms with Gasteiger partial charge in [0, 0.05) is 5.69 Å². The van der Waals surface area contributed by atoms with Crippen LogP contribution in [0.4, 0.5) is 5.69 Å². The Morgan fingerprint density at radius 2 is 1.94 bits per heavy atom. The van der Waals surface area contributed by atoms with E-state index in [9.17, 15) is 13.2 Å². The van der Waals surface area contributed by atoms with E-state index in [1.165, 1.54) is 6.92 Å². The van der Waals surface area contributed by atoms with Crippen LogP contribution in [0.15, 0.2) is 18.2 Å². The molecule has 0 saturated carbocycles. The van der Waals surface area contributed by atoms with E-state index < -0.39 is 10.0 Å². The van der Waals surface area contributed by atoms with Crippen LogP contribution in [0, 0.1) is 13.8 Å². The van der Waals surface area contributed by atoms with Gasteiger partial charge in [0.15, 0.2) is 0 Å². The van der Waals surface area contributed by atoms with Crippen LogP contribution in [-0.4, -0.2) is 26.6 Å². The van der Waals surface area contributed by atoms with E-state index in [2.05, 4.69) is 10.0 Å². The van der Waals surface area contributed by atoms with Gasteiger partial charge in [0.1, 0.15) is 0 Å². The monoisotopic (exact) mass is 270 g/mol. The van der Waals surface area contributed by atoms with Gasteiger partial charge in [-0.05, 0) is 32.4 Å². The molecule has 1 aromatic rings. The number of carbonyl (C=O) groups excluding carboxylic acids is 1. The number of amides is 1. The van der Waals surface area contributed by atoms with Crippen LogP contribution in [0.2, 0.25) is 0 Å². The molecule has 6 heteroatoms. The van der Waals surface area contributed by atoms with Crippen LogP contribution in [0.1, 0.15) is 18.1 Å². The molecule has 1 aromatic carbocycles. The number of aryl methyl sites for hydroxylation is 2. The molecule has 0 atom stereocenters. The molecule has 0 bridgehead atoms. The van der Waals surface area contributed by atoms with Crippen LogP contribution >= 0.6 is 0 Å². The molecule has 100 valence electrons. The van der Waals surface area contributed by atoms with E-state index in [-0.39, 0.29) is 18.2 Å². The smallest absolute Gasteiger partial charge is 0.239 e. The van der Waals surface area contributed by atoms with Gasteiger partial charge >= 0.3 is 0 Å². The topological polar surface area (TPSA) is 75.3 Å². The zero-order valence-electron chi connectivity index (χ0n) is 10.8. The zero-order valence-corrected chi connectivity index (χ0v) is 11.6. The third kappa shape index (κ3) is 4.46. The molecule has 1 rings (SSSR count). The highest BCUT2D eigenvalue weighted by Crippen LogP contribution is 2.15. The van der Waals surface area contributed by atoms with Crippen LogP contribution in [0.5, 0.6) is 0 Å². The lowest BCUT2D eigenvalue weighted by Crippen LogP contribution is -2.33. The van der Waals surface area contributed by atoms with Crippen LogP contribution < -0.4 is 10.0 Å². The maximum atomic E-state index is 11.6. The standard InChI is InChI=1S/C12H18N2O3S/c1-4-18(16,17)13-8-12(15)14-11-6-5-9(2)7-10(11)3/h5-7,13H,4,8H2,1-3H3,(H,14,15). The summed E-state index contributed by atoms with van der Waals surface area (Å²) in [6.07, 6.45) is 0. The van der Waals surface area contributed by atoms with Gasteiger partial charge in [-0.15, -0.1) is 0 Å². The maximum absolute atomic E-state index is 11.6. The van der Waals surface area contributed by atoms with E-state index in [1.807, 2.05) is 26.0 Å². The molecule has 2 N–H and O–H groups in total.